The number of aromatic hydroxyl groups is 1. The van der Waals surface area contributed by atoms with E-state index in [-0.39, 0.29) is 16.5 Å². The Morgan fingerprint density at radius 2 is 2.33 bits per heavy atom. The van der Waals surface area contributed by atoms with Crippen LogP contribution in [0, 0.1) is 5.82 Å². The van der Waals surface area contributed by atoms with Crippen molar-refractivity contribution in [1.29, 1.82) is 0 Å². The average molecular weight is 287 g/mol. The molecule has 3 rings (SSSR count). The van der Waals surface area contributed by atoms with E-state index in [1.54, 1.807) is 11.8 Å². The van der Waals surface area contributed by atoms with Crippen LogP contribution in [0.1, 0.15) is 12.8 Å². The molecule has 2 heterocycles. The standard InChI is InChI=1S/C12H12ClFN2OS/c13-8-4-9(14)10(5-11(8)17)15-12-16-3-1-2-7(16)6-18-12/h4-5,7,17H,1-3,6H2/t7-/m0/s1. The molecule has 1 aromatic carbocycles. The Kier molecular flexibility index (Phi) is 3.11. The molecule has 1 aromatic rings. The number of benzene rings is 1. The third-order valence-electron chi connectivity index (χ3n) is 3.26. The maximum Gasteiger partial charge on any atom is 0.164 e. The fourth-order valence-corrected chi connectivity index (χ4v) is 3.73. The van der Waals surface area contributed by atoms with Gasteiger partial charge in [0.05, 0.1) is 5.02 Å². The molecule has 1 atom stereocenters. The van der Waals surface area contributed by atoms with Crippen molar-refractivity contribution in [1.82, 2.24) is 4.90 Å². The molecule has 3 nitrogen and oxygen atoms in total. The van der Waals surface area contributed by atoms with E-state index in [9.17, 15) is 9.50 Å². The lowest BCUT2D eigenvalue weighted by molar-refractivity contribution is 0.439. The van der Waals surface area contributed by atoms with Gasteiger partial charge in [0.15, 0.2) is 11.0 Å². The molecule has 0 unspecified atom stereocenters. The van der Waals surface area contributed by atoms with Crippen molar-refractivity contribution in [2.24, 2.45) is 4.99 Å². The highest BCUT2D eigenvalue weighted by molar-refractivity contribution is 8.14. The summed E-state index contributed by atoms with van der Waals surface area (Å²) in [5.41, 5.74) is 0.145. The van der Waals surface area contributed by atoms with Crippen molar-refractivity contribution < 1.29 is 9.50 Å². The van der Waals surface area contributed by atoms with Crippen molar-refractivity contribution in [3.8, 4) is 5.75 Å². The van der Waals surface area contributed by atoms with Crippen LogP contribution >= 0.6 is 23.4 Å². The third-order valence-corrected chi connectivity index (χ3v) is 4.70. The SMILES string of the molecule is Oc1cc(N=C2SC[C@@H]3CCCN23)c(F)cc1Cl. The number of hydrogen-bond acceptors (Lipinski definition) is 3. The molecule has 0 amide bonds. The van der Waals surface area contributed by atoms with E-state index in [4.69, 9.17) is 11.6 Å². The lowest BCUT2D eigenvalue weighted by Gasteiger charge is -2.16. The van der Waals surface area contributed by atoms with Gasteiger partial charge in [-0.25, -0.2) is 9.38 Å². The van der Waals surface area contributed by atoms with Gasteiger partial charge in [-0.05, 0) is 18.9 Å². The summed E-state index contributed by atoms with van der Waals surface area (Å²) in [5.74, 6) is 0.368. The fourth-order valence-electron chi connectivity index (χ4n) is 2.33. The van der Waals surface area contributed by atoms with Crippen molar-refractivity contribution >= 4 is 34.2 Å². The van der Waals surface area contributed by atoms with Gasteiger partial charge in [0.1, 0.15) is 11.4 Å². The molecule has 2 aliphatic heterocycles. The first kappa shape index (κ1) is 12.1. The van der Waals surface area contributed by atoms with Gasteiger partial charge >= 0.3 is 0 Å². The second-order valence-corrected chi connectivity index (χ2v) is 5.84. The predicted octanol–water partition coefficient (Wildman–Crippen LogP) is 3.38. The van der Waals surface area contributed by atoms with Crippen molar-refractivity contribution in [2.45, 2.75) is 18.9 Å². The minimum Gasteiger partial charge on any atom is -0.506 e. The van der Waals surface area contributed by atoms with Crippen molar-refractivity contribution in [3.05, 3.63) is 23.0 Å². The Balaban J connectivity index is 1.94. The number of aliphatic imine (C=N–C) groups is 1. The van der Waals surface area contributed by atoms with Gasteiger partial charge in [-0.15, -0.1) is 0 Å². The summed E-state index contributed by atoms with van der Waals surface area (Å²) in [6.45, 7) is 0.984. The average Bonchev–Trinajstić information content (AvgIpc) is 2.90. The minimum absolute atomic E-state index is 0.00886. The van der Waals surface area contributed by atoms with Crippen LogP contribution in [-0.2, 0) is 0 Å². The van der Waals surface area contributed by atoms with Gasteiger partial charge in [-0.3, -0.25) is 0 Å². The molecule has 2 fully saturated rings. The van der Waals surface area contributed by atoms with E-state index in [2.05, 4.69) is 9.89 Å². The predicted molar refractivity (Wildman–Crippen MR) is 72.4 cm³/mol. The first-order valence-corrected chi connectivity index (χ1v) is 7.17. The van der Waals surface area contributed by atoms with Gasteiger partial charge in [0.2, 0.25) is 0 Å². The molecule has 2 saturated heterocycles. The molecule has 0 aliphatic carbocycles. The first-order valence-electron chi connectivity index (χ1n) is 5.81. The first-order chi connectivity index (χ1) is 8.65. The minimum atomic E-state index is -0.506. The van der Waals surface area contributed by atoms with Gasteiger partial charge in [0.25, 0.3) is 0 Å². The normalized spacial score (nSPS) is 24.9. The molecule has 6 heteroatoms. The Morgan fingerprint density at radius 3 is 3.17 bits per heavy atom. The smallest absolute Gasteiger partial charge is 0.164 e. The summed E-state index contributed by atoms with van der Waals surface area (Å²) in [6.07, 6.45) is 2.35. The van der Waals surface area contributed by atoms with Crippen LogP contribution in [-0.4, -0.2) is 33.5 Å². The Morgan fingerprint density at radius 1 is 1.50 bits per heavy atom. The number of nitrogens with zero attached hydrogens (tertiary/aromatic N) is 2. The number of fused-ring (bicyclic) bond motifs is 1. The maximum atomic E-state index is 13.7. The molecule has 1 N–H and O–H groups in total. The van der Waals surface area contributed by atoms with Gasteiger partial charge in [0, 0.05) is 24.4 Å². The highest BCUT2D eigenvalue weighted by atomic mass is 35.5. The van der Waals surface area contributed by atoms with Gasteiger partial charge < -0.3 is 10.0 Å². The molecule has 0 radical (unpaired) electrons. The highest BCUT2D eigenvalue weighted by Crippen LogP contribution is 2.36. The number of amidine groups is 1. The van der Waals surface area contributed by atoms with Gasteiger partial charge in [-0.1, -0.05) is 23.4 Å². The summed E-state index contributed by atoms with van der Waals surface area (Å²) in [6, 6.07) is 2.91. The number of phenolic OH excluding ortho intramolecular Hbond substituents is 1. The van der Waals surface area contributed by atoms with Crippen molar-refractivity contribution in [3.63, 3.8) is 0 Å². The molecular weight excluding hydrogens is 275 g/mol. The molecule has 0 aromatic heterocycles. The van der Waals surface area contributed by atoms with E-state index in [1.165, 1.54) is 18.9 Å². The zero-order chi connectivity index (χ0) is 12.7. The van der Waals surface area contributed by atoms with Crippen LogP contribution in [0.5, 0.6) is 5.75 Å². The fraction of sp³-hybridized carbons (Fsp3) is 0.417. The summed E-state index contributed by atoms with van der Waals surface area (Å²) < 4.78 is 13.7. The third kappa shape index (κ3) is 2.06. The zero-order valence-electron chi connectivity index (χ0n) is 9.57. The van der Waals surface area contributed by atoms with Crippen molar-refractivity contribution in [2.75, 3.05) is 12.3 Å². The Labute approximate surface area is 114 Å². The number of halogens is 2. The second-order valence-electron chi connectivity index (χ2n) is 4.45. The Bertz CT molecular complexity index is 523. The van der Waals surface area contributed by atoms with E-state index >= 15 is 0 Å². The number of thioether (sulfide) groups is 1. The van der Waals surface area contributed by atoms with Crippen LogP contribution in [0.3, 0.4) is 0 Å². The molecule has 18 heavy (non-hydrogen) atoms. The van der Waals surface area contributed by atoms with E-state index in [1.807, 2.05) is 0 Å². The maximum absolute atomic E-state index is 13.7. The molecule has 0 spiro atoms. The topological polar surface area (TPSA) is 35.8 Å². The number of rotatable bonds is 1. The molecule has 0 saturated carbocycles. The number of hydrogen-bond donors (Lipinski definition) is 1. The summed E-state index contributed by atoms with van der Waals surface area (Å²) in [7, 11) is 0. The lowest BCUT2D eigenvalue weighted by Crippen LogP contribution is -2.27. The summed E-state index contributed by atoms with van der Waals surface area (Å²) in [5, 5.41) is 10.4. The quantitative estimate of drug-likeness (QED) is 0.860. The highest BCUT2D eigenvalue weighted by Gasteiger charge is 2.33. The molecule has 2 aliphatic rings. The zero-order valence-corrected chi connectivity index (χ0v) is 11.1. The van der Waals surface area contributed by atoms with Crippen LogP contribution in [0.15, 0.2) is 17.1 Å². The largest absolute Gasteiger partial charge is 0.506 e. The van der Waals surface area contributed by atoms with Crippen LogP contribution in [0.25, 0.3) is 0 Å². The summed E-state index contributed by atoms with van der Waals surface area (Å²) in [4.78, 5) is 6.53. The van der Waals surface area contributed by atoms with Crippen LogP contribution in [0.2, 0.25) is 5.02 Å². The number of phenols is 1. The molecular formula is C12H12ClFN2OS. The van der Waals surface area contributed by atoms with Crippen LogP contribution in [0.4, 0.5) is 10.1 Å². The van der Waals surface area contributed by atoms with Gasteiger partial charge in [-0.2, -0.15) is 0 Å². The lowest BCUT2D eigenvalue weighted by atomic mass is 10.2. The summed E-state index contributed by atoms with van der Waals surface area (Å²) >= 11 is 7.28. The van der Waals surface area contributed by atoms with E-state index in [0.717, 1.165) is 23.5 Å². The molecule has 96 valence electrons. The molecule has 0 bridgehead atoms. The second kappa shape index (κ2) is 4.63. The monoisotopic (exact) mass is 286 g/mol. The Hall–Kier alpha value is -0.940. The van der Waals surface area contributed by atoms with Crippen LogP contribution < -0.4 is 0 Å². The van der Waals surface area contributed by atoms with E-state index in [0.29, 0.717) is 6.04 Å². The van der Waals surface area contributed by atoms with E-state index < -0.39 is 5.82 Å².